The van der Waals surface area contributed by atoms with Crippen molar-refractivity contribution in [3.63, 3.8) is 0 Å². The van der Waals surface area contributed by atoms with Crippen molar-refractivity contribution in [3.8, 4) is 11.5 Å². The predicted octanol–water partition coefficient (Wildman–Crippen LogP) is 7.66. The summed E-state index contributed by atoms with van der Waals surface area (Å²) in [5.74, 6) is -0.267. The van der Waals surface area contributed by atoms with Crippen molar-refractivity contribution in [1.82, 2.24) is 0 Å². The van der Waals surface area contributed by atoms with Crippen molar-refractivity contribution in [3.05, 3.63) is 79.8 Å². The normalized spacial score (nSPS) is 11.2. The molecule has 0 spiro atoms. The van der Waals surface area contributed by atoms with Gasteiger partial charge in [0.1, 0.15) is 26.4 Å². The van der Waals surface area contributed by atoms with E-state index in [1.165, 1.54) is 0 Å². The molecule has 236 valence electrons. The van der Waals surface area contributed by atoms with E-state index in [2.05, 4.69) is 13.2 Å². The summed E-state index contributed by atoms with van der Waals surface area (Å²) in [6.07, 6.45) is 0. The first-order valence-electron chi connectivity index (χ1n) is 13.3. The molecule has 8 nitrogen and oxygen atoms in total. The quantitative estimate of drug-likeness (QED) is 0.0903. The molecule has 0 fully saturated rings. The SMILES string of the molecule is C=C(C)C(=O)OCCOCCOc1c(Cl)cc(C(C)(C)c2cc(Cl)c(OCCOCCOC(=O)C(=C)C)c(Cl)c2)cc1Cl. The maximum Gasteiger partial charge on any atom is 0.333 e. The second-order valence-electron chi connectivity index (χ2n) is 9.92. The molecule has 12 heteroatoms. The number of carbonyl (C=O) groups is 2. The van der Waals surface area contributed by atoms with Crippen LogP contribution in [0.4, 0.5) is 0 Å². The van der Waals surface area contributed by atoms with Crippen LogP contribution in [0, 0.1) is 0 Å². The summed E-state index contributed by atoms with van der Waals surface area (Å²) >= 11 is 26.2. The fourth-order valence-corrected chi connectivity index (χ4v) is 4.72. The zero-order valence-corrected chi connectivity index (χ0v) is 27.7. The van der Waals surface area contributed by atoms with Crippen molar-refractivity contribution in [2.75, 3.05) is 52.9 Å². The van der Waals surface area contributed by atoms with Crippen molar-refractivity contribution in [1.29, 1.82) is 0 Å². The third-order valence-corrected chi connectivity index (χ3v) is 7.13. The molecular weight excluding hydrogens is 642 g/mol. The molecule has 0 radical (unpaired) electrons. The van der Waals surface area contributed by atoms with E-state index in [9.17, 15) is 9.59 Å². The van der Waals surface area contributed by atoms with Gasteiger partial charge in [-0.15, -0.1) is 0 Å². The van der Waals surface area contributed by atoms with Gasteiger partial charge in [-0.1, -0.05) is 73.4 Å². The molecule has 0 heterocycles. The molecule has 0 aliphatic rings. The number of hydrogen-bond donors (Lipinski definition) is 0. The lowest BCUT2D eigenvalue weighted by Crippen LogP contribution is -2.20. The van der Waals surface area contributed by atoms with Gasteiger partial charge >= 0.3 is 11.9 Å². The Morgan fingerprint density at radius 2 is 0.907 bits per heavy atom. The molecule has 0 atom stereocenters. The summed E-state index contributed by atoms with van der Waals surface area (Å²) in [5.41, 5.74) is 1.69. The minimum atomic E-state index is -0.591. The summed E-state index contributed by atoms with van der Waals surface area (Å²) in [4.78, 5) is 22.7. The van der Waals surface area contributed by atoms with Crippen molar-refractivity contribution >= 4 is 58.3 Å². The number of carbonyl (C=O) groups excluding carboxylic acids is 2. The van der Waals surface area contributed by atoms with Gasteiger partial charge in [0.25, 0.3) is 0 Å². The first-order valence-corrected chi connectivity index (χ1v) is 14.8. The van der Waals surface area contributed by atoms with E-state index in [-0.39, 0.29) is 52.9 Å². The molecule has 0 saturated carbocycles. The van der Waals surface area contributed by atoms with E-state index in [1.807, 2.05) is 13.8 Å². The van der Waals surface area contributed by atoms with Crippen LogP contribution in [-0.2, 0) is 34.0 Å². The smallest absolute Gasteiger partial charge is 0.333 e. The summed E-state index contributed by atoms with van der Waals surface area (Å²) < 4.78 is 32.2. The largest absolute Gasteiger partial charge is 0.488 e. The molecule has 0 bridgehead atoms. The van der Waals surface area contributed by atoms with Crippen LogP contribution in [0.1, 0.15) is 38.8 Å². The minimum absolute atomic E-state index is 0.114. The molecule has 0 saturated heterocycles. The highest BCUT2D eigenvalue weighted by Crippen LogP contribution is 2.43. The zero-order valence-electron chi connectivity index (χ0n) is 24.7. The van der Waals surface area contributed by atoms with Gasteiger partial charge in [0.15, 0.2) is 11.5 Å². The standard InChI is InChI=1S/C31H36Cl4O8/c1-19(2)29(36)42-13-9-38-7-11-40-27-23(32)15-21(16-24(27)33)31(5,6)22-17-25(34)28(26(35)18-22)41-12-8-39-10-14-43-30(37)20(3)4/h15-18H,1,3,7-14H2,2,4-6H3. The van der Waals surface area contributed by atoms with Gasteiger partial charge in [-0.25, -0.2) is 9.59 Å². The van der Waals surface area contributed by atoms with Crippen LogP contribution < -0.4 is 9.47 Å². The fourth-order valence-electron chi connectivity index (χ4n) is 3.53. The predicted molar refractivity (Wildman–Crippen MR) is 169 cm³/mol. The number of ether oxygens (including phenoxy) is 6. The van der Waals surface area contributed by atoms with E-state index >= 15 is 0 Å². The molecule has 0 unspecified atom stereocenters. The van der Waals surface area contributed by atoms with Gasteiger partial charge in [0.05, 0.1) is 46.5 Å². The Hall–Kier alpha value is -2.46. The lowest BCUT2D eigenvalue weighted by atomic mass is 9.78. The van der Waals surface area contributed by atoms with Crippen LogP contribution in [0.15, 0.2) is 48.6 Å². The first-order chi connectivity index (χ1) is 20.2. The van der Waals surface area contributed by atoms with Crippen LogP contribution in [-0.4, -0.2) is 64.8 Å². The fraction of sp³-hybridized carbons (Fsp3) is 0.419. The van der Waals surface area contributed by atoms with Crippen molar-refractivity contribution in [2.24, 2.45) is 0 Å². The van der Waals surface area contributed by atoms with E-state index in [4.69, 9.17) is 74.8 Å². The third kappa shape index (κ3) is 11.5. The van der Waals surface area contributed by atoms with Gasteiger partial charge in [-0.2, -0.15) is 0 Å². The van der Waals surface area contributed by atoms with E-state index in [1.54, 1.807) is 38.1 Å². The van der Waals surface area contributed by atoms with Gasteiger partial charge in [-0.05, 0) is 49.2 Å². The molecule has 0 aromatic heterocycles. The summed E-state index contributed by atoms with van der Waals surface area (Å²) in [6.45, 7) is 15.7. The topological polar surface area (TPSA) is 89.5 Å². The van der Waals surface area contributed by atoms with Crippen LogP contribution in [0.5, 0.6) is 11.5 Å². The van der Waals surface area contributed by atoms with Crippen LogP contribution in [0.25, 0.3) is 0 Å². The first kappa shape index (κ1) is 36.7. The Labute approximate surface area is 272 Å². The van der Waals surface area contributed by atoms with Crippen LogP contribution in [0.2, 0.25) is 20.1 Å². The second kappa shape index (κ2) is 17.7. The molecular formula is C31H36Cl4O8. The zero-order chi connectivity index (χ0) is 32.2. The molecule has 0 aliphatic carbocycles. The minimum Gasteiger partial charge on any atom is -0.488 e. The molecule has 2 rings (SSSR count). The maximum atomic E-state index is 11.4. The molecule has 0 aliphatic heterocycles. The Kier molecular flexibility index (Phi) is 15.2. The molecule has 43 heavy (non-hydrogen) atoms. The van der Waals surface area contributed by atoms with Crippen LogP contribution in [0.3, 0.4) is 0 Å². The van der Waals surface area contributed by atoms with E-state index in [0.717, 1.165) is 11.1 Å². The molecule has 0 N–H and O–H groups in total. The average molecular weight is 678 g/mol. The highest BCUT2D eigenvalue weighted by molar-refractivity contribution is 6.38. The number of halogens is 4. The monoisotopic (exact) mass is 676 g/mol. The maximum absolute atomic E-state index is 11.4. The van der Waals surface area contributed by atoms with E-state index in [0.29, 0.717) is 42.7 Å². The Morgan fingerprint density at radius 1 is 0.605 bits per heavy atom. The van der Waals surface area contributed by atoms with Gasteiger partial charge in [0.2, 0.25) is 0 Å². The van der Waals surface area contributed by atoms with Crippen molar-refractivity contribution in [2.45, 2.75) is 33.1 Å². The summed E-state index contributed by atoms with van der Waals surface area (Å²) in [5, 5.41) is 1.32. The van der Waals surface area contributed by atoms with Gasteiger partial charge in [0, 0.05) is 16.6 Å². The average Bonchev–Trinajstić information content (AvgIpc) is 2.93. The number of esters is 2. The van der Waals surface area contributed by atoms with Crippen molar-refractivity contribution < 1.29 is 38.0 Å². The highest BCUT2D eigenvalue weighted by Gasteiger charge is 2.28. The van der Waals surface area contributed by atoms with E-state index < -0.39 is 17.4 Å². The number of hydrogen-bond acceptors (Lipinski definition) is 8. The molecule has 2 aromatic carbocycles. The lowest BCUT2D eigenvalue weighted by molar-refractivity contribution is -0.141. The second-order valence-corrected chi connectivity index (χ2v) is 11.5. The van der Waals surface area contributed by atoms with Crippen LogP contribution >= 0.6 is 46.4 Å². The lowest BCUT2D eigenvalue weighted by Gasteiger charge is -2.28. The number of rotatable bonds is 18. The summed E-state index contributed by atoms with van der Waals surface area (Å²) in [7, 11) is 0. The third-order valence-electron chi connectivity index (χ3n) is 6.01. The number of benzene rings is 2. The summed E-state index contributed by atoms with van der Waals surface area (Å²) in [6, 6.07) is 7.10. The Morgan fingerprint density at radius 3 is 1.21 bits per heavy atom. The molecule has 0 amide bonds. The highest BCUT2D eigenvalue weighted by atomic mass is 35.5. The van der Waals surface area contributed by atoms with Gasteiger partial charge < -0.3 is 28.4 Å². The Balaban J connectivity index is 1.94. The molecule has 2 aromatic rings. The Bertz CT molecular complexity index is 1170. The van der Waals surface area contributed by atoms with Gasteiger partial charge in [-0.3, -0.25) is 0 Å².